The molecule has 114 valence electrons. The predicted octanol–water partition coefficient (Wildman–Crippen LogP) is 3.29. The molecular weight excluding hydrogens is 295 g/mol. The van der Waals surface area contributed by atoms with Crippen molar-refractivity contribution in [1.29, 1.82) is 0 Å². The number of alkyl halides is 3. The zero-order chi connectivity index (χ0) is 16.2. The van der Waals surface area contributed by atoms with Crippen LogP contribution in [0.3, 0.4) is 0 Å². The fourth-order valence-corrected chi connectivity index (χ4v) is 1.93. The fraction of sp³-hybridized carbons (Fsp3) is 0.125. The van der Waals surface area contributed by atoms with E-state index in [-0.39, 0.29) is 11.1 Å². The standard InChI is InChI=1S/C16H12F3NO2/c17-16(18,19)15(22)20-13(11-7-3-1-4-8-11)14(21)12-9-5-2-6-10-12/h1-10,13H,(H,20,22). The van der Waals surface area contributed by atoms with Crippen LogP contribution in [0.15, 0.2) is 60.7 Å². The van der Waals surface area contributed by atoms with E-state index in [1.807, 2.05) is 0 Å². The van der Waals surface area contributed by atoms with Crippen LogP contribution in [0.4, 0.5) is 13.2 Å². The van der Waals surface area contributed by atoms with Crippen molar-refractivity contribution in [2.24, 2.45) is 0 Å². The molecule has 1 amide bonds. The van der Waals surface area contributed by atoms with Gasteiger partial charge in [0.05, 0.1) is 0 Å². The highest BCUT2D eigenvalue weighted by Gasteiger charge is 2.41. The molecule has 1 unspecified atom stereocenters. The summed E-state index contributed by atoms with van der Waals surface area (Å²) in [5.41, 5.74) is 0.507. The van der Waals surface area contributed by atoms with Crippen LogP contribution in [0.2, 0.25) is 0 Å². The highest BCUT2D eigenvalue weighted by molar-refractivity contribution is 6.02. The first-order valence-electron chi connectivity index (χ1n) is 6.41. The number of nitrogens with one attached hydrogen (secondary N) is 1. The summed E-state index contributed by atoms with van der Waals surface area (Å²) >= 11 is 0. The Hall–Kier alpha value is -2.63. The van der Waals surface area contributed by atoms with E-state index in [9.17, 15) is 22.8 Å². The minimum absolute atomic E-state index is 0.221. The van der Waals surface area contributed by atoms with Gasteiger partial charge in [-0.25, -0.2) is 0 Å². The highest BCUT2D eigenvalue weighted by Crippen LogP contribution is 2.22. The molecule has 0 aromatic heterocycles. The Labute approximate surface area is 124 Å². The molecule has 0 spiro atoms. The van der Waals surface area contributed by atoms with Crippen LogP contribution in [0, 0.1) is 0 Å². The zero-order valence-corrected chi connectivity index (χ0v) is 11.3. The van der Waals surface area contributed by atoms with Crippen LogP contribution in [-0.4, -0.2) is 17.9 Å². The molecule has 1 N–H and O–H groups in total. The summed E-state index contributed by atoms with van der Waals surface area (Å²) in [5, 5.41) is 1.76. The normalized spacial score (nSPS) is 12.5. The second kappa shape index (κ2) is 6.43. The summed E-state index contributed by atoms with van der Waals surface area (Å²) in [4.78, 5) is 23.6. The maximum atomic E-state index is 12.5. The molecule has 0 bridgehead atoms. The number of carbonyl (C=O) groups excluding carboxylic acids is 2. The van der Waals surface area contributed by atoms with E-state index in [1.165, 1.54) is 24.3 Å². The number of hydrogen-bond acceptors (Lipinski definition) is 2. The first-order chi connectivity index (χ1) is 10.4. The van der Waals surface area contributed by atoms with E-state index in [4.69, 9.17) is 0 Å². The SMILES string of the molecule is O=C(c1ccccc1)C(NC(=O)C(F)(F)F)c1ccccc1. The molecule has 2 aromatic carbocycles. The average molecular weight is 307 g/mol. The largest absolute Gasteiger partial charge is 0.471 e. The lowest BCUT2D eigenvalue weighted by Gasteiger charge is -2.19. The molecule has 0 aliphatic rings. The minimum atomic E-state index is -5.05. The summed E-state index contributed by atoms with van der Waals surface area (Å²) in [6.45, 7) is 0. The smallest absolute Gasteiger partial charge is 0.334 e. The Morgan fingerprint density at radius 1 is 0.864 bits per heavy atom. The molecule has 0 radical (unpaired) electrons. The van der Waals surface area contributed by atoms with Gasteiger partial charge in [-0.2, -0.15) is 13.2 Å². The Bertz CT molecular complexity index is 654. The van der Waals surface area contributed by atoms with Gasteiger partial charge in [0.15, 0.2) is 5.78 Å². The van der Waals surface area contributed by atoms with Crippen molar-refractivity contribution in [3.8, 4) is 0 Å². The Kier molecular flexibility index (Phi) is 4.60. The summed E-state index contributed by atoms with van der Waals surface area (Å²) in [6.07, 6.45) is -5.05. The zero-order valence-electron chi connectivity index (χ0n) is 11.3. The second-order valence-electron chi connectivity index (χ2n) is 4.55. The van der Waals surface area contributed by atoms with Crippen molar-refractivity contribution >= 4 is 11.7 Å². The van der Waals surface area contributed by atoms with Gasteiger partial charge in [-0.15, -0.1) is 0 Å². The van der Waals surface area contributed by atoms with Gasteiger partial charge in [-0.3, -0.25) is 9.59 Å². The molecule has 0 heterocycles. The number of Topliss-reactive ketones (excluding diaryl/α,β-unsaturated/α-hetero) is 1. The van der Waals surface area contributed by atoms with Crippen molar-refractivity contribution < 1.29 is 22.8 Å². The van der Waals surface area contributed by atoms with Gasteiger partial charge in [0.2, 0.25) is 0 Å². The van der Waals surface area contributed by atoms with Crippen molar-refractivity contribution in [1.82, 2.24) is 5.32 Å². The molecule has 0 aliphatic carbocycles. The van der Waals surface area contributed by atoms with E-state index < -0.39 is 23.9 Å². The molecule has 0 saturated carbocycles. The molecule has 0 saturated heterocycles. The summed E-state index contributed by atoms with van der Waals surface area (Å²) in [5.74, 6) is -2.75. The Morgan fingerprint density at radius 3 is 1.86 bits per heavy atom. The quantitative estimate of drug-likeness (QED) is 0.881. The number of rotatable bonds is 4. The molecule has 2 rings (SSSR count). The van der Waals surface area contributed by atoms with Crippen LogP contribution >= 0.6 is 0 Å². The third-order valence-electron chi connectivity index (χ3n) is 2.99. The second-order valence-corrected chi connectivity index (χ2v) is 4.55. The molecule has 2 aromatic rings. The molecule has 6 heteroatoms. The van der Waals surface area contributed by atoms with Gasteiger partial charge in [0, 0.05) is 5.56 Å². The number of halogens is 3. The van der Waals surface area contributed by atoms with Crippen LogP contribution < -0.4 is 5.32 Å². The lowest BCUT2D eigenvalue weighted by Crippen LogP contribution is -2.41. The first kappa shape index (κ1) is 15.8. The van der Waals surface area contributed by atoms with Crippen LogP contribution in [-0.2, 0) is 4.79 Å². The van der Waals surface area contributed by atoms with Gasteiger partial charge in [-0.05, 0) is 5.56 Å². The molecule has 1 atom stereocenters. The molecule has 0 aliphatic heterocycles. The van der Waals surface area contributed by atoms with E-state index in [0.29, 0.717) is 0 Å². The van der Waals surface area contributed by atoms with Crippen LogP contribution in [0.1, 0.15) is 22.0 Å². The molecule has 0 fully saturated rings. The van der Waals surface area contributed by atoms with Gasteiger partial charge >= 0.3 is 12.1 Å². The monoisotopic (exact) mass is 307 g/mol. The number of benzene rings is 2. The topological polar surface area (TPSA) is 46.2 Å². The number of hydrogen-bond donors (Lipinski definition) is 1. The molecule has 3 nitrogen and oxygen atoms in total. The Morgan fingerprint density at radius 2 is 1.36 bits per heavy atom. The third kappa shape index (κ3) is 3.72. The van der Waals surface area contributed by atoms with Crippen molar-refractivity contribution in [3.05, 3.63) is 71.8 Å². The van der Waals surface area contributed by atoms with Gasteiger partial charge in [0.25, 0.3) is 0 Å². The lowest BCUT2D eigenvalue weighted by atomic mass is 9.97. The minimum Gasteiger partial charge on any atom is -0.334 e. The maximum Gasteiger partial charge on any atom is 0.471 e. The van der Waals surface area contributed by atoms with E-state index >= 15 is 0 Å². The first-order valence-corrected chi connectivity index (χ1v) is 6.41. The molecular formula is C16H12F3NO2. The van der Waals surface area contributed by atoms with Crippen molar-refractivity contribution in [2.45, 2.75) is 12.2 Å². The lowest BCUT2D eigenvalue weighted by molar-refractivity contribution is -0.174. The fourth-order valence-electron chi connectivity index (χ4n) is 1.93. The summed E-state index contributed by atoms with van der Waals surface area (Å²) in [6, 6.07) is 14.3. The third-order valence-corrected chi connectivity index (χ3v) is 2.99. The van der Waals surface area contributed by atoms with Crippen molar-refractivity contribution in [3.63, 3.8) is 0 Å². The van der Waals surface area contributed by atoms with Gasteiger partial charge in [-0.1, -0.05) is 60.7 Å². The summed E-state index contributed by atoms with van der Waals surface area (Å²) in [7, 11) is 0. The maximum absolute atomic E-state index is 12.5. The van der Waals surface area contributed by atoms with E-state index in [2.05, 4.69) is 0 Å². The Balaban J connectivity index is 2.34. The van der Waals surface area contributed by atoms with E-state index in [1.54, 1.807) is 41.7 Å². The summed E-state index contributed by atoms with van der Waals surface area (Å²) < 4.78 is 37.4. The van der Waals surface area contributed by atoms with Crippen LogP contribution in [0.5, 0.6) is 0 Å². The van der Waals surface area contributed by atoms with Gasteiger partial charge in [0.1, 0.15) is 6.04 Å². The number of ketones is 1. The van der Waals surface area contributed by atoms with Crippen molar-refractivity contribution in [2.75, 3.05) is 0 Å². The number of amides is 1. The van der Waals surface area contributed by atoms with Gasteiger partial charge < -0.3 is 5.32 Å². The number of carbonyl (C=O) groups is 2. The highest BCUT2D eigenvalue weighted by atomic mass is 19.4. The van der Waals surface area contributed by atoms with Crippen LogP contribution in [0.25, 0.3) is 0 Å². The average Bonchev–Trinajstić information content (AvgIpc) is 2.52. The predicted molar refractivity (Wildman–Crippen MR) is 74.2 cm³/mol. The van der Waals surface area contributed by atoms with E-state index in [0.717, 1.165) is 0 Å². The molecule has 22 heavy (non-hydrogen) atoms.